The molecule has 4 N–H and O–H groups in total. The number of phenolic OH excluding ortho intramolecular Hbond substituents is 1. The van der Waals surface area contributed by atoms with Gasteiger partial charge >= 0.3 is 0 Å². The number of benzene rings is 1. The van der Waals surface area contributed by atoms with Crippen molar-refractivity contribution in [3.63, 3.8) is 0 Å². The highest BCUT2D eigenvalue weighted by Crippen LogP contribution is 2.34. The highest BCUT2D eigenvalue weighted by Gasteiger charge is 2.21. The topological polar surface area (TPSA) is 92.0 Å². The SMILES string of the molecule is Cc1cc(=O)[nH]c(C(N)Cc2cccc(C(C)(C)C)c2O)n1. The number of phenols is 1. The maximum atomic E-state index is 11.5. The van der Waals surface area contributed by atoms with Crippen molar-refractivity contribution in [2.24, 2.45) is 5.73 Å². The van der Waals surface area contributed by atoms with Crippen LogP contribution >= 0.6 is 0 Å². The lowest BCUT2D eigenvalue weighted by Gasteiger charge is -2.22. The first kappa shape index (κ1) is 16.2. The molecule has 118 valence electrons. The highest BCUT2D eigenvalue weighted by atomic mass is 16.3. The van der Waals surface area contributed by atoms with Crippen molar-refractivity contribution in [3.8, 4) is 5.75 Å². The molecule has 0 spiro atoms. The predicted molar refractivity (Wildman–Crippen MR) is 87.0 cm³/mol. The van der Waals surface area contributed by atoms with Crippen molar-refractivity contribution in [2.75, 3.05) is 0 Å². The van der Waals surface area contributed by atoms with Gasteiger partial charge in [-0.1, -0.05) is 39.0 Å². The Labute approximate surface area is 130 Å². The van der Waals surface area contributed by atoms with Gasteiger partial charge in [-0.3, -0.25) is 4.79 Å². The maximum absolute atomic E-state index is 11.5. The number of aromatic nitrogens is 2. The Kier molecular flexibility index (Phi) is 4.37. The fourth-order valence-electron chi connectivity index (χ4n) is 2.47. The summed E-state index contributed by atoms with van der Waals surface area (Å²) in [6.45, 7) is 7.89. The molecule has 0 aliphatic carbocycles. The van der Waals surface area contributed by atoms with Gasteiger partial charge in [0, 0.05) is 11.8 Å². The molecule has 0 amide bonds. The quantitative estimate of drug-likeness (QED) is 0.811. The van der Waals surface area contributed by atoms with Crippen LogP contribution in [0.3, 0.4) is 0 Å². The molecular weight excluding hydrogens is 278 g/mol. The lowest BCUT2D eigenvalue weighted by molar-refractivity contribution is 0.437. The summed E-state index contributed by atoms with van der Waals surface area (Å²) < 4.78 is 0. The smallest absolute Gasteiger partial charge is 0.251 e. The van der Waals surface area contributed by atoms with Gasteiger partial charge in [-0.2, -0.15) is 0 Å². The van der Waals surface area contributed by atoms with Crippen LogP contribution in [0.4, 0.5) is 0 Å². The lowest BCUT2D eigenvalue weighted by atomic mass is 9.84. The molecule has 5 heteroatoms. The van der Waals surface area contributed by atoms with Crippen LogP contribution in [-0.2, 0) is 11.8 Å². The van der Waals surface area contributed by atoms with Crippen molar-refractivity contribution in [1.82, 2.24) is 9.97 Å². The molecule has 0 fully saturated rings. The number of hydrogen-bond acceptors (Lipinski definition) is 4. The molecule has 1 unspecified atom stereocenters. The number of aryl methyl sites for hydroxylation is 1. The molecule has 0 aliphatic rings. The highest BCUT2D eigenvalue weighted by molar-refractivity contribution is 5.44. The summed E-state index contributed by atoms with van der Waals surface area (Å²) >= 11 is 0. The second-order valence-corrected chi connectivity index (χ2v) is 6.65. The molecule has 5 nitrogen and oxygen atoms in total. The van der Waals surface area contributed by atoms with Gasteiger partial charge in [0.05, 0.1) is 6.04 Å². The van der Waals surface area contributed by atoms with E-state index in [1.807, 2.05) is 39.0 Å². The number of nitrogens with two attached hydrogens (primary N) is 1. The van der Waals surface area contributed by atoms with Crippen LogP contribution in [-0.4, -0.2) is 15.1 Å². The molecule has 0 saturated heterocycles. The summed E-state index contributed by atoms with van der Waals surface area (Å²) in [7, 11) is 0. The minimum Gasteiger partial charge on any atom is -0.507 e. The molecule has 2 aromatic rings. The van der Waals surface area contributed by atoms with Crippen molar-refractivity contribution >= 4 is 0 Å². The van der Waals surface area contributed by atoms with E-state index >= 15 is 0 Å². The average molecular weight is 301 g/mol. The summed E-state index contributed by atoms with van der Waals surface area (Å²) in [6.07, 6.45) is 0.405. The van der Waals surface area contributed by atoms with Gasteiger partial charge in [-0.15, -0.1) is 0 Å². The third kappa shape index (κ3) is 3.54. The molecule has 0 aliphatic heterocycles. The molecule has 2 rings (SSSR count). The second kappa shape index (κ2) is 5.93. The van der Waals surface area contributed by atoms with Gasteiger partial charge in [0.15, 0.2) is 0 Å². The van der Waals surface area contributed by atoms with Crippen LogP contribution in [0.25, 0.3) is 0 Å². The zero-order chi connectivity index (χ0) is 16.5. The molecule has 0 bridgehead atoms. The lowest BCUT2D eigenvalue weighted by Crippen LogP contribution is -2.22. The molecule has 22 heavy (non-hydrogen) atoms. The Hall–Kier alpha value is -2.14. The van der Waals surface area contributed by atoms with E-state index in [1.54, 1.807) is 6.92 Å². The largest absolute Gasteiger partial charge is 0.507 e. The van der Waals surface area contributed by atoms with E-state index in [2.05, 4.69) is 9.97 Å². The van der Waals surface area contributed by atoms with Crippen LogP contribution in [0.1, 0.15) is 49.5 Å². The Balaban J connectivity index is 2.33. The van der Waals surface area contributed by atoms with Crippen molar-refractivity contribution < 1.29 is 5.11 Å². The summed E-state index contributed by atoms with van der Waals surface area (Å²) in [5.41, 5.74) is 8.04. The van der Waals surface area contributed by atoms with E-state index in [1.165, 1.54) is 6.07 Å². The van der Waals surface area contributed by atoms with Crippen molar-refractivity contribution in [1.29, 1.82) is 0 Å². The van der Waals surface area contributed by atoms with Crippen molar-refractivity contribution in [3.05, 3.63) is 57.3 Å². The van der Waals surface area contributed by atoms with Crippen LogP contribution in [0.15, 0.2) is 29.1 Å². The van der Waals surface area contributed by atoms with Gasteiger partial charge in [-0.05, 0) is 29.9 Å². The fourth-order valence-corrected chi connectivity index (χ4v) is 2.47. The van der Waals surface area contributed by atoms with E-state index in [0.717, 1.165) is 11.1 Å². The van der Waals surface area contributed by atoms with Crippen LogP contribution in [0.2, 0.25) is 0 Å². The second-order valence-electron chi connectivity index (χ2n) is 6.65. The molecule has 1 aromatic heterocycles. The number of H-pyrrole nitrogens is 1. The minimum absolute atomic E-state index is 0.153. The maximum Gasteiger partial charge on any atom is 0.251 e. The Morgan fingerprint density at radius 1 is 1.36 bits per heavy atom. The number of nitrogens with one attached hydrogen (secondary N) is 1. The number of hydrogen-bond donors (Lipinski definition) is 3. The first-order chi connectivity index (χ1) is 10.2. The first-order valence-corrected chi connectivity index (χ1v) is 7.33. The fraction of sp³-hybridized carbons (Fsp3) is 0.412. The summed E-state index contributed by atoms with van der Waals surface area (Å²) in [4.78, 5) is 18.4. The molecule has 0 saturated carbocycles. The number of rotatable bonds is 3. The van der Waals surface area contributed by atoms with Gasteiger partial charge in [0.2, 0.25) is 0 Å². The van der Waals surface area contributed by atoms with E-state index < -0.39 is 6.04 Å². The summed E-state index contributed by atoms with van der Waals surface area (Å²) in [6, 6.07) is 6.62. The number of aromatic amines is 1. The van der Waals surface area contributed by atoms with Crippen LogP contribution in [0.5, 0.6) is 5.75 Å². The van der Waals surface area contributed by atoms with E-state index in [4.69, 9.17) is 5.73 Å². The van der Waals surface area contributed by atoms with E-state index in [-0.39, 0.29) is 16.7 Å². The Morgan fingerprint density at radius 3 is 2.64 bits per heavy atom. The summed E-state index contributed by atoms with van der Waals surface area (Å²) in [5.74, 6) is 0.700. The summed E-state index contributed by atoms with van der Waals surface area (Å²) in [5, 5.41) is 10.5. The van der Waals surface area contributed by atoms with Crippen LogP contribution in [0, 0.1) is 6.92 Å². The number of aromatic hydroxyl groups is 1. The van der Waals surface area contributed by atoms with Gasteiger partial charge in [0.1, 0.15) is 11.6 Å². The third-order valence-electron chi connectivity index (χ3n) is 3.61. The molecule has 0 radical (unpaired) electrons. The Morgan fingerprint density at radius 2 is 2.05 bits per heavy atom. The normalized spacial score (nSPS) is 13.1. The third-order valence-corrected chi connectivity index (χ3v) is 3.61. The average Bonchev–Trinajstić information content (AvgIpc) is 2.38. The molecular formula is C17H23N3O2. The number of para-hydroxylation sites is 1. The van der Waals surface area contributed by atoms with Gasteiger partial charge < -0.3 is 15.8 Å². The zero-order valence-electron chi connectivity index (χ0n) is 13.5. The van der Waals surface area contributed by atoms with Crippen LogP contribution < -0.4 is 11.3 Å². The Bertz CT molecular complexity index is 729. The predicted octanol–water partition coefficient (Wildman–Crippen LogP) is 2.32. The van der Waals surface area contributed by atoms with Gasteiger partial charge in [-0.25, -0.2) is 4.98 Å². The van der Waals surface area contributed by atoms with E-state index in [0.29, 0.717) is 17.9 Å². The molecule has 1 heterocycles. The van der Waals surface area contributed by atoms with Gasteiger partial charge in [0.25, 0.3) is 5.56 Å². The minimum atomic E-state index is -0.478. The van der Waals surface area contributed by atoms with Crippen molar-refractivity contribution in [2.45, 2.75) is 45.6 Å². The first-order valence-electron chi connectivity index (χ1n) is 7.33. The molecule has 1 atom stereocenters. The molecule has 1 aromatic carbocycles. The van der Waals surface area contributed by atoms with E-state index in [9.17, 15) is 9.90 Å². The zero-order valence-corrected chi connectivity index (χ0v) is 13.5. The monoisotopic (exact) mass is 301 g/mol. The standard InChI is InChI=1S/C17H23N3O2/c1-10-8-14(21)20-16(19-10)13(18)9-11-6-5-7-12(15(11)22)17(2,3)4/h5-8,13,22H,9,18H2,1-4H3,(H,19,20,21). The number of nitrogens with zero attached hydrogens (tertiary/aromatic N) is 1.